The summed E-state index contributed by atoms with van der Waals surface area (Å²) in [6.07, 6.45) is -10.4. The van der Waals surface area contributed by atoms with Crippen molar-refractivity contribution in [3.8, 4) is 0 Å². The Morgan fingerprint density at radius 3 is 0.912 bits per heavy atom. The maximum atomic E-state index is 11.3. The van der Waals surface area contributed by atoms with Crippen LogP contribution in [0.2, 0.25) is 0 Å². The van der Waals surface area contributed by atoms with Crippen LogP contribution in [0.15, 0.2) is 0 Å². The second-order valence-corrected chi connectivity index (χ2v) is 14.8. The first-order valence-corrected chi connectivity index (χ1v) is 19.1. The lowest BCUT2D eigenvalue weighted by Crippen LogP contribution is -2.19. The van der Waals surface area contributed by atoms with Crippen molar-refractivity contribution in [1.82, 2.24) is 0 Å². The first-order valence-electron chi connectivity index (χ1n) is 18.7. The molecule has 57 heavy (non-hydrogen) atoms. The van der Waals surface area contributed by atoms with Gasteiger partial charge in [0.2, 0.25) is 0 Å². The molecular formula is C38H79ClF12O6. The van der Waals surface area contributed by atoms with Crippen molar-refractivity contribution in [3.05, 3.63) is 0 Å². The zero-order chi connectivity index (χ0) is 47.9. The largest absolute Gasteiger partial charge is 0.522 e. The summed E-state index contributed by atoms with van der Waals surface area (Å²) in [5.74, 6) is -1.20. The van der Waals surface area contributed by atoms with E-state index in [0.717, 1.165) is 20.5 Å². The molecule has 0 heterocycles. The van der Waals surface area contributed by atoms with Crippen LogP contribution in [0.4, 0.5) is 52.7 Å². The number of ether oxygens (including phenoxy) is 6. The summed E-state index contributed by atoms with van der Waals surface area (Å²) in [7, 11) is 1.70. The van der Waals surface area contributed by atoms with Crippen LogP contribution < -0.4 is 0 Å². The molecule has 6 nitrogen and oxygen atoms in total. The predicted octanol–water partition coefficient (Wildman–Crippen LogP) is 14.8. The Morgan fingerprint density at radius 2 is 0.877 bits per heavy atom. The van der Waals surface area contributed by atoms with Gasteiger partial charge in [-0.1, -0.05) is 13.8 Å². The van der Waals surface area contributed by atoms with Gasteiger partial charge in [-0.2, -0.15) is 35.1 Å². The lowest BCUT2D eigenvalue weighted by Gasteiger charge is -2.09. The molecule has 0 unspecified atom stereocenters. The number of rotatable bonds is 10. The van der Waals surface area contributed by atoms with E-state index in [9.17, 15) is 52.7 Å². The average Bonchev–Trinajstić information content (AvgIpc) is 3.74. The highest BCUT2D eigenvalue weighted by molar-refractivity contribution is 6.20. The van der Waals surface area contributed by atoms with E-state index in [1.807, 2.05) is 48.5 Å². The molecule has 1 aliphatic carbocycles. The fourth-order valence-corrected chi connectivity index (χ4v) is 1.66. The van der Waals surface area contributed by atoms with E-state index < -0.39 is 50.1 Å². The third-order valence-electron chi connectivity index (χ3n) is 3.94. The van der Waals surface area contributed by atoms with Gasteiger partial charge >= 0.3 is 25.3 Å². The molecule has 1 rings (SSSR count). The Morgan fingerprint density at radius 1 is 0.561 bits per heavy atom. The minimum atomic E-state index is -4.48. The van der Waals surface area contributed by atoms with Crippen LogP contribution in [-0.4, -0.2) is 99.9 Å². The number of hydrogen-bond acceptors (Lipinski definition) is 6. The zero-order valence-electron chi connectivity index (χ0n) is 38.0. The van der Waals surface area contributed by atoms with Gasteiger partial charge in [0.05, 0.1) is 48.9 Å². The number of hydrogen-bond donors (Lipinski definition) is 0. The van der Waals surface area contributed by atoms with Crippen LogP contribution in [0.5, 0.6) is 0 Å². The van der Waals surface area contributed by atoms with Crippen molar-refractivity contribution in [3.63, 3.8) is 0 Å². The van der Waals surface area contributed by atoms with Gasteiger partial charge in [0.25, 0.3) is 0 Å². The molecule has 0 saturated heterocycles. The maximum Gasteiger partial charge on any atom is 0.522 e. The van der Waals surface area contributed by atoms with Gasteiger partial charge in [0, 0.05) is 25.0 Å². The smallest absolute Gasteiger partial charge is 0.382 e. The van der Waals surface area contributed by atoms with Crippen LogP contribution in [0.3, 0.4) is 0 Å². The van der Waals surface area contributed by atoms with Gasteiger partial charge in [-0.3, -0.25) is 4.74 Å². The molecular weight excluding hydrogens is 816 g/mol. The van der Waals surface area contributed by atoms with Crippen molar-refractivity contribution in [2.75, 3.05) is 20.3 Å². The summed E-state index contributed by atoms with van der Waals surface area (Å²) in [4.78, 5) is 0. The molecule has 0 bridgehead atoms. The Bertz CT molecular complexity index is 718. The van der Waals surface area contributed by atoms with Gasteiger partial charge < -0.3 is 23.7 Å². The van der Waals surface area contributed by atoms with Crippen molar-refractivity contribution < 1.29 is 81.1 Å². The van der Waals surface area contributed by atoms with Crippen molar-refractivity contribution in [2.45, 2.75) is 224 Å². The van der Waals surface area contributed by atoms with E-state index in [0.29, 0.717) is 29.8 Å². The number of alkyl halides is 13. The molecule has 0 radical (unpaired) electrons. The maximum absolute atomic E-state index is 11.3. The standard InChI is InChI=1S/C6H12O.C5H9F3O.C5H12O.C4H7F3O.C4H7F3.C4H8F2O.C4H10O.C3H7Cl.C3H7F/c1-5(2)7-6-3-4-6;1-4(2)9-3-5(6,7)8;1-4-6-5(2)3;1-3(2)8-4(5,6)7;1-3(2)4(5,6)7;1-3(2)7-4(5)6;1-4(2)5-3;2*1-3(2)4/h5-6H,3-4H2,1-2H3;4H,3H2,1-2H3;5H,4H2,1-3H3;3H,1-2H3;3H,1-2H3;3-4H,1-2H3;4H,1-3H3;2*3H,1-2H3. The van der Waals surface area contributed by atoms with Crippen LogP contribution in [0.1, 0.15) is 144 Å². The molecule has 0 N–H and O–H groups in total. The fourth-order valence-electron chi connectivity index (χ4n) is 1.66. The third kappa shape index (κ3) is 151. The summed E-state index contributed by atoms with van der Waals surface area (Å²) >= 11 is 5.27. The molecule has 358 valence electrons. The molecule has 0 aromatic carbocycles. The van der Waals surface area contributed by atoms with Crippen LogP contribution in [-0.2, 0) is 28.4 Å². The average molecular weight is 895 g/mol. The van der Waals surface area contributed by atoms with Gasteiger partial charge in [0.1, 0.15) is 6.61 Å². The Labute approximate surface area is 342 Å². The predicted molar refractivity (Wildman–Crippen MR) is 208 cm³/mol. The van der Waals surface area contributed by atoms with Gasteiger partial charge in [-0.05, 0) is 131 Å². The molecule has 1 saturated carbocycles. The van der Waals surface area contributed by atoms with Gasteiger partial charge in [0.15, 0.2) is 0 Å². The van der Waals surface area contributed by atoms with Crippen molar-refractivity contribution >= 4 is 11.6 Å². The minimum absolute atomic E-state index is 0.306. The Balaban J connectivity index is -0.0000000798. The SMILES string of the molecule is CC(C)C(F)(F)F.CC(C)Cl.CC(C)F.CC(C)OC(F)(F)F.CC(C)OC(F)F.CC(C)OC1CC1.CC(C)OCC(F)(F)F.CCOC(C)C.COC(C)C. The van der Waals surface area contributed by atoms with E-state index >= 15 is 0 Å². The molecule has 0 aromatic heterocycles. The van der Waals surface area contributed by atoms with E-state index in [2.05, 4.69) is 28.1 Å². The van der Waals surface area contributed by atoms with Crippen molar-refractivity contribution in [2.24, 2.45) is 5.92 Å². The Hall–Kier alpha value is -0.790. The van der Waals surface area contributed by atoms with Crippen molar-refractivity contribution in [1.29, 1.82) is 0 Å². The first-order chi connectivity index (χ1) is 25.2. The topological polar surface area (TPSA) is 55.4 Å². The number of methoxy groups -OCH3 is 1. The van der Waals surface area contributed by atoms with E-state index in [4.69, 9.17) is 25.8 Å². The summed E-state index contributed by atoms with van der Waals surface area (Å²) in [6.45, 7) is 29.3. The highest BCUT2D eigenvalue weighted by atomic mass is 35.5. The second kappa shape index (κ2) is 44.8. The highest BCUT2D eigenvalue weighted by Gasteiger charge is 2.32. The second-order valence-electron chi connectivity index (χ2n) is 13.9. The normalized spacial score (nSPS) is 12.5. The van der Waals surface area contributed by atoms with E-state index in [1.165, 1.54) is 40.5 Å². The molecule has 0 atom stereocenters. The van der Waals surface area contributed by atoms with Crippen LogP contribution in [0, 0.1) is 5.92 Å². The lowest BCUT2D eigenvalue weighted by molar-refractivity contribution is -0.338. The molecule has 1 fully saturated rings. The molecule has 0 spiro atoms. The van der Waals surface area contributed by atoms with Crippen LogP contribution in [0.25, 0.3) is 0 Å². The summed E-state index contributed by atoms with van der Waals surface area (Å²) in [5, 5.41) is 0.306. The van der Waals surface area contributed by atoms with Gasteiger partial charge in [-0.15, -0.1) is 24.8 Å². The summed E-state index contributed by atoms with van der Waals surface area (Å²) in [6, 6.07) is 0. The van der Waals surface area contributed by atoms with Gasteiger partial charge in [-0.25, -0.2) is 4.39 Å². The third-order valence-corrected chi connectivity index (χ3v) is 3.94. The quantitative estimate of drug-likeness (QED) is 0.161. The first kappa shape index (κ1) is 73.7. The fraction of sp³-hybridized carbons (Fsp3) is 1.00. The lowest BCUT2D eigenvalue weighted by atomic mass is 10.2. The molecule has 19 heteroatoms. The Kier molecular flexibility index (Phi) is 57.9. The molecule has 1 aliphatic rings. The minimum Gasteiger partial charge on any atom is -0.382 e. The molecule has 0 amide bonds. The van der Waals surface area contributed by atoms with E-state index in [-0.39, 0.29) is 12.2 Å². The molecule has 0 aliphatic heterocycles. The zero-order valence-corrected chi connectivity index (χ0v) is 38.8. The van der Waals surface area contributed by atoms with E-state index in [1.54, 1.807) is 34.8 Å². The van der Waals surface area contributed by atoms with Crippen LogP contribution >= 0.6 is 11.6 Å². The highest BCUT2D eigenvalue weighted by Crippen LogP contribution is 2.25. The number of halogens is 13. The molecule has 0 aromatic rings. The summed E-state index contributed by atoms with van der Waals surface area (Å²) in [5.41, 5.74) is 0. The monoisotopic (exact) mass is 895 g/mol. The summed E-state index contributed by atoms with van der Waals surface area (Å²) < 4.78 is 161.